The van der Waals surface area contributed by atoms with Crippen LogP contribution in [-0.4, -0.2) is 59.4 Å². The molecule has 0 unspecified atom stereocenters. The van der Waals surface area contributed by atoms with Gasteiger partial charge in [-0.3, -0.25) is 4.79 Å². The fourth-order valence-corrected chi connectivity index (χ4v) is 3.83. The lowest BCUT2D eigenvalue weighted by Crippen LogP contribution is -2.53. The molecule has 0 saturated carbocycles. The number of hydrogen-bond donors (Lipinski definition) is 1. The average molecular weight is 503 g/mol. The van der Waals surface area contributed by atoms with E-state index in [0.717, 1.165) is 36.3 Å². The molecule has 1 amide bonds. The number of nitrogens with zero attached hydrogens (tertiary/aromatic N) is 4. The number of halogens is 1. The minimum atomic E-state index is -0.0488. The molecule has 0 aromatic carbocycles. The van der Waals surface area contributed by atoms with E-state index in [2.05, 4.69) is 22.1 Å². The highest BCUT2D eigenvalue weighted by Gasteiger charge is 2.25. The van der Waals surface area contributed by atoms with Gasteiger partial charge in [-0.1, -0.05) is 0 Å². The maximum Gasteiger partial charge on any atom is 0.289 e. The molecule has 27 heavy (non-hydrogen) atoms. The topological polar surface area (TPSA) is 74.0 Å². The molecule has 2 aromatic heterocycles. The molecule has 2 aromatic rings. The number of hydrogen-bond acceptors (Lipinski definition) is 5. The molecule has 1 fully saturated rings. The number of guanidine groups is 1. The van der Waals surface area contributed by atoms with E-state index in [1.165, 1.54) is 11.1 Å². The molecular formula is C18H26IN5O2S. The summed E-state index contributed by atoms with van der Waals surface area (Å²) >= 11 is 1.70. The number of nitrogens with one attached hydrogen (secondary N) is 1. The van der Waals surface area contributed by atoms with Gasteiger partial charge in [0.1, 0.15) is 0 Å². The van der Waals surface area contributed by atoms with Gasteiger partial charge < -0.3 is 19.5 Å². The molecule has 9 heteroatoms. The van der Waals surface area contributed by atoms with Crippen molar-refractivity contribution in [2.45, 2.75) is 27.3 Å². The van der Waals surface area contributed by atoms with Crippen molar-refractivity contribution in [1.82, 2.24) is 20.1 Å². The van der Waals surface area contributed by atoms with Crippen molar-refractivity contribution in [3.63, 3.8) is 0 Å². The zero-order chi connectivity index (χ0) is 18.5. The molecule has 148 valence electrons. The summed E-state index contributed by atoms with van der Waals surface area (Å²) in [6, 6.07) is 3.45. The third-order valence-corrected chi connectivity index (χ3v) is 5.36. The molecule has 1 N–H and O–H groups in total. The van der Waals surface area contributed by atoms with Gasteiger partial charge in [-0.15, -0.1) is 35.3 Å². The summed E-state index contributed by atoms with van der Waals surface area (Å²) < 4.78 is 5.22. The average Bonchev–Trinajstić information content (AvgIpc) is 3.28. The van der Waals surface area contributed by atoms with Crippen LogP contribution in [0.3, 0.4) is 0 Å². The molecule has 1 aliphatic rings. The van der Waals surface area contributed by atoms with Crippen LogP contribution in [0.25, 0.3) is 0 Å². The first kappa shape index (κ1) is 21.7. The normalized spacial score (nSPS) is 14.9. The Bertz CT molecular complexity index is 767. The molecule has 0 atom stereocenters. The van der Waals surface area contributed by atoms with Crippen LogP contribution in [0.1, 0.15) is 33.1 Å². The largest absolute Gasteiger partial charge is 0.459 e. The first-order chi connectivity index (χ1) is 12.6. The second kappa shape index (κ2) is 10.1. The van der Waals surface area contributed by atoms with Crippen LogP contribution in [0.2, 0.25) is 0 Å². The maximum absolute atomic E-state index is 12.4. The van der Waals surface area contributed by atoms with Crippen LogP contribution in [0.15, 0.2) is 27.8 Å². The number of carbonyl (C=O) groups is 1. The molecular weight excluding hydrogens is 477 g/mol. The van der Waals surface area contributed by atoms with Gasteiger partial charge in [0, 0.05) is 37.6 Å². The van der Waals surface area contributed by atoms with Gasteiger partial charge in [0.2, 0.25) is 0 Å². The van der Waals surface area contributed by atoms with Crippen LogP contribution in [0, 0.1) is 13.8 Å². The van der Waals surface area contributed by atoms with Gasteiger partial charge in [0.05, 0.1) is 23.5 Å². The Morgan fingerprint density at radius 2 is 2.00 bits per heavy atom. The van der Waals surface area contributed by atoms with Crippen molar-refractivity contribution in [2.75, 3.05) is 32.7 Å². The van der Waals surface area contributed by atoms with E-state index in [1.807, 2.05) is 18.7 Å². The van der Waals surface area contributed by atoms with Gasteiger partial charge in [-0.2, -0.15) is 0 Å². The number of aryl methyl sites for hydroxylation is 2. The summed E-state index contributed by atoms with van der Waals surface area (Å²) in [6.45, 7) is 10.4. The smallest absolute Gasteiger partial charge is 0.289 e. The zero-order valence-electron chi connectivity index (χ0n) is 15.9. The lowest BCUT2D eigenvalue weighted by Gasteiger charge is -2.36. The number of aromatic nitrogens is 1. The number of piperazine rings is 1. The number of amides is 1. The molecule has 0 bridgehead atoms. The molecule has 7 nitrogen and oxygen atoms in total. The van der Waals surface area contributed by atoms with E-state index in [4.69, 9.17) is 9.41 Å². The third kappa shape index (κ3) is 5.44. The third-order valence-electron chi connectivity index (χ3n) is 4.31. The predicted octanol–water partition coefficient (Wildman–Crippen LogP) is 2.89. The van der Waals surface area contributed by atoms with Gasteiger partial charge >= 0.3 is 0 Å². The van der Waals surface area contributed by atoms with E-state index < -0.39 is 0 Å². The monoisotopic (exact) mass is 503 g/mol. The Morgan fingerprint density at radius 3 is 2.56 bits per heavy atom. The summed E-state index contributed by atoms with van der Waals surface area (Å²) in [5, 5.41) is 4.43. The van der Waals surface area contributed by atoms with Crippen molar-refractivity contribution in [3.05, 3.63) is 39.7 Å². The van der Waals surface area contributed by atoms with E-state index in [9.17, 15) is 4.79 Å². The van der Waals surface area contributed by atoms with Gasteiger partial charge in [-0.05, 0) is 32.9 Å². The number of furan rings is 1. The zero-order valence-corrected chi connectivity index (χ0v) is 19.0. The number of carbonyl (C=O) groups excluding carboxylic acids is 1. The first-order valence-electron chi connectivity index (χ1n) is 8.87. The Kier molecular flexibility index (Phi) is 8.08. The molecule has 0 radical (unpaired) electrons. The second-order valence-corrected chi connectivity index (χ2v) is 7.46. The van der Waals surface area contributed by atoms with E-state index in [1.54, 1.807) is 23.5 Å². The van der Waals surface area contributed by atoms with Crippen molar-refractivity contribution in [3.8, 4) is 0 Å². The number of aliphatic imine (C=N–C) groups is 1. The van der Waals surface area contributed by atoms with Crippen LogP contribution >= 0.6 is 35.3 Å². The maximum atomic E-state index is 12.4. The van der Waals surface area contributed by atoms with Crippen molar-refractivity contribution >= 4 is 47.2 Å². The highest BCUT2D eigenvalue weighted by Crippen LogP contribution is 2.18. The fraction of sp³-hybridized carbons (Fsp3) is 0.500. The molecule has 1 saturated heterocycles. The van der Waals surface area contributed by atoms with Crippen LogP contribution in [-0.2, 0) is 6.54 Å². The standard InChI is InChI=1S/C18H25N5O2S.HI/c1-4-19-18(20-12-16-13(2)21-14(3)26-16)23-9-7-22(8-10-23)17(24)15-6-5-11-25-15;/h5-6,11H,4,7-10,12H2,1-3H3,(H,19,20);1H. The lowest BCUT2D eigenvalue weighted by molar-refractivity contribution is 0.0657. The Hall–Kier alpha value is -1.62. The lowest BCUT2D eigenvalue weighted by atomic mass is 10.3. The van der Waals surface area contributed by atoms with Crippen LogP contribution < -0.4 is 5.32 Å². The number of thiazole rings is 1. The molecule has 1 aliphatic heterocycles. The van der Waals surface area contributed by atoms with Crippen molar-refractivity contribution in [2.24, 2.45) is 4.99 Å². The highest BCUT2D eigenvalue weighted by atomic mass is 127. The van der Waals surface area contributed by atoms with Gasteiger partial charge in [-0.25, -0.2) is 9.98 Å². The fourth-order valence-electron chi connectivity index (χ4n) is 2.97. The Balaban J connectivity index is 0.00000261. The summed E-state index contributed by atoms with van der Waals surface area (Å²) in [5.74, 6) is 1.24. The summed E-state index contributed by atoms with van der Waals surface area (Å²) in [5.41, 5.74) is 1.06. The minimum absolute atomic E-state index is 0. The predicted molar refractivity (Wildman–Crippen MR) is 118 cm³/mol. The molecule has 0 spiro atoms. The van der Waals surface area contributed by atoms with Gasteiger partial charge in [0.15, 0.2) is 11.7 Å². The SMILES string of the molecule is CCNC(=NCc1sc(C)nc1C)N1CCN(C(=O)c2ccco2)CC1.I. The summed E-state index contributed by atoms with van der Waals surface area (Å²) in [6.07, 6.45) is 1.53. The Morgan fingerprint density at radius 1 is 1.30 bits per heavy atom. The number of rotatable bonds is 4. The van der Waals surface area contributed by atoms with Crippen LogP contribution in [0.4, 0.5) is 0 Å². The second-order valence-electron chi connectivity index (χ2n) is 6.17. The molecule has 3 rings (SSSR count). The van der Waals surface area contributed by atoms with Gasteiger partial charge in [0.25, 0.3) is 5.91 Å². The highest BCUT2D eigenvalue weighted by molar-refractivity contribution is 14.0. The van der Waals surface area contributed by atoms with E-state index in [-0.39, 0.29) is 29.9 Å². The minimum Gasteiger partial charge on any atom is -0.459 e. The Labute approximate surface area is 180 Å². The van der Waals surface area contributed by atoms with Crippen LogP contribution in [0.5, 0.6) is 0 Å². The quantitative estimate of drug-likeness (QED) is 0.395. The molecule has 3 heterocycles. The molecule has 0 aliphatic carbocycles. The first-order valence-corrected chi connectivity index (χ1v) is 9.69. The van der Waals surface area contributed by atoms with E-state index in [0.29, 0.717) is 25.4 Å². The van der Waals surface area contributed by atoms with E-state index >= 15 is 0 Å². The van der Waals surface area contributed by atoms with Crippen molar-refractivity contribution in [1.29, 1.82) is 0 Å². The van der Waals surface area contributed by atoms with Crippen molar-refractivity contribution < 1.29 is 9.21 Å². The summed E-state index contributed by atoms with van der Waals surface area (Å²) in [7, 11) is 0. The summed E-state index contributed by atoms with van der Waals surface area (Å²) in [4.78, 5) is 26.9.